The van der Waals surface area contributed by atoms with Crippen LogP contribution in [0.4, 0.5) is 4.39 Å². The van der Waals surface area contributed by atoms with Gasteiger partial charge in [-0.3, -0.25) is 4.79 Å². The fraction of sp³-hybridized carbons (Fsp3) is 0.421. The first kappa shape index (κ1) is 33.0. The Morgan fingerprint density at radius 1 is 0.909 bits per heavy atom. The van der Waals surface area contributed by atoms with Crippen LogP contribution < -0.4 is 10.1 Å². The monoisotopic (exact) mass is 597 g/mol. The Morgan fingerprint density at radius 3 is 2.34 bits per heavy atom. The summed E-state index contributed by atoms with van der Waals surface area (Å²) in [5, 5.41) is 7.73. The lowest BCUT2D eigenvalue weighted by Gasteiger charge is -2.30. The van der Waals surface area contributed by atoms with Gasteiger partial charge < -0.3 is 10.1 Å². The highest BCUT2D eigenvalue weighted by Gasteiger charge is 2.27. The van der Waals surface area contributed by atoms with Crippen LogP contribution in [0, 0.1) is 19.7 Å². The van der Waals surface area contributed by atoms with E-state index >= 15 is 0 Å². The van der Waals surface area contributed by atoms with E-state index in [1.165, 1.54) is 17.2 Å². The predicted molar refractivity (Wildman–Crippen MR) is 179 cm³/mol. The van der Waals surface area contributed by atoms with E-state index in [-0.39, 0.29) is 22.6 Å². The molecule has 0 aliphatic heterocycles. The Bertz CT molecular complexity index is 1600. The summed E-state index contributed by atoms with van der Waals surface area (Å²) in [6, 6.07) is 20.8. The predicted octanol–water partition coefficient (Wildman–Crippen LogP) is 9.26. The van der Waals surface area contributed by atoms with Crippen LogP contribution in [0.5, 0.6) is 5.75 Å². The molecule has 5 nitrogen and oxygen atoms in total. The van der Waals surface area contributed by atoms with Crippen LogP contribution in [0.15, 0.2) is 66.7 Å². The number of rotatable bonds is 13. The quantitative estimate of drug-likeness (QED) is 0.156. The van der Waals surface area contributed by atoms with Gasteiger partial charge in [0.15, 0.2) is 0 Å². The Labute approximate surface area is 262 Å². The van der Waals surface area contributed by atoms with Crippen molar-refractivity contribution in [1.82, 2.24) is 15.1 Å². The van der Waals surface area contributed by atoms with Gasteiger partial charge in [-0.2, -0.15) is 5.10 Å². The minimum absolute atomic E-state index is 0.00323. The van der Waals surface area contributed by atoms with Crippen LogP contribution in [-0.4, -0.2) is 28.8 Å². The number of hydrogen-bond acceptors (Lipinski definition) is 3. The van der Waals surface area contributed by atoms with E-state index < -0.39 is 0 Å². The van der Waals surface area contributed by atoms with Gasteiger partial charge in [-0.25, -0.2) is 9.07 Å². The van der Waals surface area contributed by atoms with Crippen molar-refractivity contribution in [3.8, 4) is 22.7 Å². The van der Waals surface area contributed by atoms with Crippen molar-refractivity contribution in [1.29, 1.82) is 0 Å². The molecule has 0 aliphatic rings. The molecule has 4 aromatic rings. The molecule has 0 aliphatic carbocycles. The van der Waals surface area contributed by atoms with Gasteiger partial charge in [0, 0.05) is 17.7 Å². The van der Waals surface area contributed by atoms with Crippen LogP contribution in [0.3, 0.4) is 0 Å². The van der Waals surface area contributed by atoms with Crippen molar-refractivity contribution in [2.24, 2.45) is 0 Å². The van der Waals surface area contributed by atoms with Gasteiger partial charge >= 0.3 is 0 Å². The third kappa shape index (κ3) is 7.40. The molecule has 0 atom stereocenters. The maximum Gasteiger partial charge on any atom is 0.270 e. The molecule has 1 aromatic heterocycles. The van der Waals surface area contributed by atoms with E-state index in [1.54, 1.807) is 28.9 Å². The van der Waals surface area contributed by atoms with Crippen molar-refractivity contribution < 1.29 is 13.9 Å². The first-order chi connectivity index (χ1) is 20.9. The summed E-state index contributed by atoms with van der Waals surface area (Å²) in [6.45, 7) is 18.6. The minimum atomic E-state index is -0.376. The van der Waals surface area contributed by atoms with E-state index in [0.29, 0.717) is 30.1 Å². The number of benzene rings is 3. The Morgan fingerprint density at radius 2 is 1.64 bits per heavy atom. The van der Waals surface area contributed by atoms with Gasteiger partial charge in [0.1, 0.15) is 17.3 Å². The topological polar surface area (TPSA) is 56.1 Å². The summed E-state index contributed by atoms with van der Waals surface area (Å²) in [5.74, 6) is 0.317. The van der Waals surface area contributed by atoms with Crippen LogP contribution in [0.1, 0.15) is 100.0 Å². The maximum atomic E-state index is 14.6. The Balaban J connectivity index is 1.43. The molecule has 6 heteroatoms. The normalized spacial score (nSPS) is 11.9. The summed E-state index contributed by atoms with van der Waals surface area (Å²) >= 11 is 0. The zero-order valence-electron chi connectivity index (χ0n) is 27.7. The summed E-state index contributed by atoms with van der Waals surface area (Å²) in [4.78, 5) is 13.4. The molecule has 0 bridgehead atoms. The number of nitrogens with one attached hydrogen (secondary N) is 1. The molecule has 1 N–H and O–H groups in total. The van der Waals surface area contributed by atoms with Crippen LogP contribution >= 0.6 is 0 Å². The molecule has 0 saturated carbocycles. The maximum absolute atomic E-state index is 14.6. The third-order valence-corrected chi connectivity index (χ3v) is 9.06. The summed E-state index contributed by atoms with van der Waals surface area (Å²) in [6.07, 6.45) is 3.64. The molecular formula is C38H48FN3O2. The molecule has 1 amide bonds. The lowest BCUT2D eigenvalue weighted by atomic mass is 9.76. The van der Waals surface area contributed by atoms with Crippen molar-refractivity contribution in [3.63, 3.8) is 0 Å². The highest BCUT2D eigenvalue weighted by atomic mass is 19.1. The van der Waals surface area contributed by atoms with Crippen molar-refractivity contribution in [2.75, 3.05) is 13.2 Å². The molecule has 234 valence electrons. The number of hydrogen-bond donors (Lipinski definition) is 1. The van der Waals surface area contributed by atoms with E-state index in [1.807, 2.05) is 32.0 Å². The zero-order chi connectivity index (χ0) is 32.1. The average Bonchev–Trinajstić information content (AvgIpc) is 3.45. The van der Waals surface area contributed by atoms with Gasteiger partial charge in [0.05, 0.1) is 18.0 Å². The highest BCUT2D eigenvalue weighted by Crippen LogP contribution is 2.38. The second-order valence-electron chi connectivity index (χ2n) is 13.1. The molecule has 0 spiro atoms. The van der Waals surface area contributed by atoms with Gasteiger partial charge in [0.2, 0.25) is 0 Å². The third-order valence-electron chi connectivity index (χ3n) is 9.06. The van der Waals surface area contributed by atoms with E-state index in [9.17, 15) is 9.18 Å². The van der Waals surface area contributed by atoms with Crippen molar-refractivity contribution in [2.45, 2.75) is 91.9 Å². The van der Waals surface area contributed by atoms with Crippen LogP contribution in [-0.2, 0) is 10.8 Å². The first-order valence-corrected chi connectivity index (χ1v) is 15.9. The van der Waals surface area contributed by atoms with Gasteiger partial charge in [-0.05, 0) is 97.4 Å². The SMILES string of the molecule is CCC(C)(C)c1ccc(OCCCCNC(=O)c2cc(-c3ccccc3F)nn2-c2cc(C)ccc2C)c(C(C)(C)CC)c1. The lowest BCUT2D eigenvalue weighted by molar-refractivity contribution is 0.0944. The molecule has 0 fully saturated rings. The zero-order valence-corrected chi connectivity index (χ0v) is 27.7. The minimum Gasteiger partial charge on any atom is -0.493 e. The first-order valence-electron chi connectivity index (χ1n) is 15.9. The number of ether oxygens (including phenoxy) is 1. The Hall–Kier alpha value is -3.93. The molecule has 4 rings (SSSR count). The van der Waals surface area contributed by atoms with Gasteiger partial charge in [0.25, 0.3) is 5.91 Å². The summed E-state index contributed by atoms with van der Waals surface area (Å²) < 4.78 is 22.6. The molecule has 3 aromatic carbocycles. The fourth-order valence-electron chi connectivity index (χ4n) is 5.18. The van der Waals surface area contributed by atoms with E-state index in [0.717, 1.165) is 48.2 Å². The number of unbranched alkanes of at least 4 members (excludes halogenated alkanes) is 1. The lowest BCUT2D eigenvalue weighted by Crippen LogP contribution is -2.27. The molecule has 1 heterocycles. The molecule has 0 unspecified atom stereocenters. The van der Waals surface area contributed by atoms with Crippen molar-refractivity contribution >= 4 is 5.91 Å². The van der Waals surface area contributed by atoms with Crippen LogP contribution in [0.25, 0.3) is 16.9 Å². The average molecular weight is 598 g/mol. The summed E-state index contributed by atoms with van der Waals surface area (Å²) in [5.41, 5.74) is 6.67. The second-order valence-corrected chi connectivity index (χ2v) is 13.1. The number of carbonyl (C=O) groups excluding carboxylic acids is 1. The molecular weight excluding hydrogens is 549 g/mol. The standard InChI is InChI=1S/C38H48FN3O2/c1-9-37(5,6)28-19-20-35(30(24-28)38(7,8)10-2)44-22-14-13-21-40-36(43)34-25-32(29-15-11-12-16-31(29)39)41-42(34)33-23-26(3)17-18-27(33)4/h11-12,15-20,23-25H,9-10,13-14,21-22H2,1-8H3,(H,40,43). The second kappa shape index (κ2) is 13.8. The largest absolute Gasteiger partial charge is 0.493 e. The molecule has 0 radical (unpaired) electrons. The van der Waals surface area contributed by atoms with Crippen molar-refractivity contribution in [3.05, 3.63) is 100 Å². The van der Waals surface area contributed by atoms with Gasteiger partial charge in [-0.1, -0.05) is 77.9 Å². The number of carbonyl (C=O) groups is 1. The number of halogens is 1. The van der Waals surface area contributed by atoms with Crippen LogP contribution in [0.2, 0.25) is 0 Å². The molecule has 44 heavy (non-hydrogen) atoms. The van der Waals surface area contributed by atoms with Gasteiger partial charge in [-0.15, -0.1) is 0 Å². The number of aromatic nitrogens is 2. The number of amides is 1. The Kier molecular flexibility index (Phi) is 10.3. The van der Waals surface area contributed by atoms with E-state index in [4.69, 9.17) is 4.74 Å². The van der Waals surface area contributed by atoms with E-state index in [2.05, 4.69) is 70.2 Å². The number of nitrogens with zero attached hydrogens (tertiary/aromatic N) is 2. The number of aryl methyl sites for hydroxylation is 2. The smallest absolute Gasteiger partial charge is 0.270 e. The summed E-state index contributed by atoms with van der Waals surface area (Å²) in [7, 11) is 0. The highest BCUT2D eigenvalue weighted by molar-refractivity contribution is 5.94. The molecule has 0 saturated heterocycles. The fourth-order valence-corrected chi connectivity index (χ4v) is 5.18.